The normalized spacial score (nSPS) is 11.9. The summed E-state index contributed by atoms with van der Waals surface area (Å²) in [5.74, 6) is 0. The lowest BCUT2D eigenvalue weighted by molar-refractivity contribution is 1.63. The summed E-state index contributed by atoms with van der Waals surface area (Å²) in [4.78, 5) is 0. The van der Waals surface area contributed by atoms with E-state index in [1.54, 1.807) is 0 Å². The molecule has 0 radical (unpaired) electrons. The van der Waals surface area contributed by atoms with Gasteiger partial charge >= 0.3 is 0 Å². The molecule has 16 aromatic carbocycles. The highest BCUT2D eigenvalue weighted by atomic mass is 14.3. The number of hydrogen-bond donors (Lipinski definition) is 0. The minimum absolute atomic E-state index is 1.21. The molecule has 0 saturated heterocycles. The molecular formula is C76H46. The standard InChI is InChI=1S/C76H46/c1-3-21-57-53(17-1)55-19-5-7-23-59(55)71-45-51(41-43-61(57)71)47-33-37-49(38-34-47)73-63-25-9-13-29-67(63)75(68-30-14-10-26-64(68)73)76-69-31-15-11-27-65(69)74(66-28-12-16-32-70(66)76)50-39-35-48(36-40-50)52-42-44-62-58-22-4-2-18-54(58)56-20-6-8-24-60(56)72(62)46-52/h1-46H. The fourth-order valence-electron chi connectivity index (χ4n) is 13.3. The molecule has 0 N–H and O–H groups in total. The smallest absolute Gasteiger partial charge is 0.00139 e. The number of fused-ring (bicyclic) bond motifs is 16. The molecule has 0 amide bonds. The van der Waals surface area contributed by atoms with E-state index in [1.807, 2.05) is 0 Å². The molecule has 0 aliphatic rings. The van der Waals surface area contributed by atoms with E-state index in [-0.39, 0.29) is 0 Å². The Hall–Kier alpha value is -9.88. The van der Waals surface area contributed by atoms with Crippen LogP contribution in [0.4, 0.5) is 0 Å². The average Bonchev–Trinajstić information content (AvgIpc) is 3.55. The highest BCUT2D eigenvalue weighted by Gasteiger charge is 2.23. The van der Waals surface area contributed by atoms with Gasteiger partial charge in [0.25, 0.3) is 0 Å². The Morgan fingerprint density at radius 3 is 0.526 bits per heavy atom. The monoisotopic (exact) mass is 958 g/mol. The number of hydrogen-bond acceptors (Lipinski definition) is 0. The lowest BCUT2D eigenvalue weighted by atomic mass is 9.81. The van der Waals surface area contributed by atoms with Gasteiger partial charge in [-0.05, 0) is 175 Å². The molecule has 0 atom stereocenters. The molecule has 0 unspecified atom stereocenters. The molecule has 76 heavy (non-hydrogen) atoms. The second kappa shape index (κ2) is 16.8. The maximum Gasteiger partial charge on any atom is -0.00139 e. The Balaban J connectivity index is 0.836. The van der Waals surface area contributed by atoms with E-state index in [1.165, 1.54) is 163 Å². The van der Waals surface area contributed by atoms with Crippen molar-refractivity contribution in [3.05, 3.63) is 279 Å². The summed E-state index contributed by atoms with van der Waals surface area (Å²) in [6.45, 7) is 0. The zero-order valence-corrected chi connectivity index (χ0v) is 41.6. The van der Waals surface area contributed by atoms with Crippen molar-refractivity contribution in [2.75, 3.05) is 0 Å². The third kappa shape index (κ3) is 6.38. The van der Waals surface area contributed by atoms with Gasteiger partial charge in [0.1, 0.15) is 0 Å². The number of benzene rings is 16. The first-order valence-electron chi connectivity index (χ1n) is 26.5. The molecule has 350 valence electrons. The van der Waals surface area contributed by atoms with Crippen LogP contribution in [0, 0.1) is 0 Å². The highest BCUT2D eigenvalue weighted by molar-refractivity contribution is 6.31. The lowest BCUT2D eigenvalue weighted by Gasteiger charge is -2.22. The van der Waals surface area contributed by atoms with Crippen LogP contribution < -0.4 is 0 Å². The summed E-state index contributed by atoms with van der Waals surface area (Å²) in [5.41, 5.74) is 12.3. The second-order valence-electron chi connectivity index (χ2n) is 20.5. The molecule has 0 bridgehead atoms. The van der Waals surface area contributed by atoms with Crippen molar-refractivity contribution in [1.29, 1.82) is 0 Å². The molecular weight excluding hydrogens is 913 g/mol. The molecule has 0 aliphatic heterocycles. The van der Waals surface area contributed by atoms with Crippen molar-refractivity contribution in [2.45, 2.75) is 0 Å². The topological polar surface area (TPSA) is 0 Å². The van der Waals surface area contributed by atoms with Crippen molar-refractivity contribution in [1.82, 2.24) is 0 Å². The third-order valence-electron chi connectivity index (χ3n) is 16.6. The Kier molecular flexibility index (Phi) is 9.44. The van der Waals surface area contributed by atoms with Gasteiger partial charge in [0.2, 0.25) is 0 Å². The summed E-state index contributed by atoms with van der Waals surface area (Å²) in [7, 11) is 0. The maximum absolute atomic E-state index is 2.39. The maximum atomic E-state index is 2.39. The van der Waals surface area contributed by atoms with Crippen molar-refractivity contribution in [3.63, 3.8) is 0 Å². The van der Waals surface area contributed by atoms with E-state index in [0.717, 1.165) is 0 Å². The quantitative estimate of drug-likeness (QED) is 0.119. The molecule has 0 saturated carbocycles. The SMILES string of the molecule is c1ccc2c(-c3c4ccccc4c(-c4ccc(-c5ccc6c7ccccc7c7ccccc7c6c5)cc4)c4ccccc34)c3ccccc3c(-c3ccc(-c4ccc5c6ccccc6c6ccccc6c5c4)cc3)c2c1. The highest BCUT2D eigenvalue weighted by Crippen LogP contribution is 2.51. The summed E-state index contributed by atoms with van der Waals surface area (Å²) >= 11 is 0. The van der Waals surface area contributed by atoms with Crippen LogP contribution in [-0.4, -0.2) is 0 Å². The molecule has 0 heterocycles. The van der Waals surface area contributed by atoms with E-state index in [2.05, 4.69) is 279 Å². The molecule has 0 aromatic heterocycles. The molecule has 0 spiro atoms. The Morgan fingerprint density at radius 1 is 0.105 bits per heavy atom. The minimum Gasteiger partial charge on any atom is -0.0616 e. The van der Waals surface area contributed by atoms with E-state index in [9.17, 15) is 0 Å². The summed E-state index contributed by atoms with van der Waals surface area (Å²) in [6, 6.07) is 104. The van der Waals surface area contributed by atoms with E-state index in [4.69, 9.17) is 0 Å². The first-order valence-corrected chi connectivity index (χ1v) is 26.5. The van der Waals surface area contributed by atoms with Crippen LogP contribution in [0.1, 0.15) is 0 Å². The van der Waals surface area contributed by atoms with Crippen LogP contribution in [0.15, 0.2) is 279 Å². The van der Waals surface area contributed by atoms with Gasteiger partial charge in [-0.3, -0.25) is 0 Å². The van der Waals surface area contributed by atoms with E-state index < -0.39 is 0 Å². The predicted molar refractivity (Wildman–Crippen MR) is 329 cm³/mol. The molecule has 16 rings (SSSR count). The van der Waals surface area contributed by atoms with Crippen LogP contribution in [0.5, 0.6) is 0 Å². The predicted octanol–water partition coefficient (Wildman–Crippen LogP) is 21.6. The van der Waals surface area contributed by atoms with Crippen molar-refractivity contribution >= 4 is 108 Å². The molecule has 0 nitrogen and oxygen atoms in total. The Bertz CT molecular complexity index is 4570. The first kappa shape index (κ1) is 42.6. The zero-order chi connectivity index (χ0) is 49.8. The van der Waals surface area contributed by atoms with Gasteiger partial charge < -0.3 is 0 Å². The van der Waals surface area contributed by atoms with Gasteiger partial charge in [0.15, 0.2) is 0 Å². The van der Waals surface area contributed by atoms with Crippen LogP contribution in [0.2, 0.25) is 0 Å². The fourth-order valence-corrected chi connectivity index (χ4v) is 13.3. The fraction of sp³-hybridized carbons (Fsp3) is 0. The zero-order valence-electron chi connectivity index (χ0n) is 41.6. The average molecular weight is 959 g/mol. The second-order valence-corrected chi connectivity index (χ2v) is 20.5. The Labute approximate surface area is 440 Å². The summed E-state index contributed by atoms with van der Waals surface area (Å²) in [6.07, 6.45) is 0. The van der Waals surface area contributed by atoms with Crippen LogP contribution in [0.25, 0.3) is 163 Å². The molecule has 0 aliphatic carbocycles. The van der Waals surface area contributed by atoms with Gasteiger partial charge in [-0.1, -0.05) is 267 Å². The van der Waals surface area contributed by atoms with Gasteiger partial charge in [-0.25, -0.2) is 0 Å². The van der Waals surface area contributed by atoms with Gasteiger partial charge in [-0.15, -0.1) is 0 Å². The van der Waals surface area contributed by atoms with Crippen LogP contribution >= 0.6 is 0 Å². The largest absolute Gasteiger partial charge is 0.0616 e. The van der Waals surface area contributed by atoms with Crippen molar-refractivity contribution < 1.29 is 0 Å². The van der Waals surface area contributed by atoms with Crippen molar-refractivity contribution in [2.24, 2.45) is 0 Å². The van der Waals surface area contributed by atoms with E-state index in [0.29, 0.717) is 0 Å². The van der Waals surface area contributed by atoms with Gasteiger partial charge in [0, 0.05) is 0 Å². The van der Waals surface area contributed by atoms with E-state index >= 15 is 0 Å². The number of rotatable bonds is 5. The van der Waals surface area contributed by atoms with Gasteiger partial charge in [0.05, 0.1) is 0 Å². The lowest BCUT2D eigenvalue weighted by Crippen LogP contribution is -1.94. The molecule has 16 aromatic rings. The van der Waals surface area contributed by atoms with Crippen LogP contribution in [-0.2, 0) is 0 Å². The summed E-state index contributed by atoms with van der Waals surface area (Å²) in [5, 5.41) is 25.5. The molecule has 0 fully saturated rings. The minimum atomic E-state index is 1.21. The Morgan fingerprint density at radius 2 is 0.276 bits per heavy atom. The third-order valence-corrected chi connectivity index (χ3v) is 16.6. The summed E-state index contributed by atoms with van der Waals surface area (Å²) < 4.78 is 0. The molecule has 0 heteroatoms. The first-order chi connectivity index (χ1) is 37.7. The van der Waals surface area contributed by atoms with Crippen LogP contribution in [0.3, 0.4) is 0 Å². The van der Waals surface area contributed by atoms with Gasteiger partial charge in [-0.2, -0.15) is 0 Å². The van der Waals surface area contributed by atoms with Crippen molar-refractivity contribution in [3.8, 4) is 55.6 Å².